The number of benzene rings is 1. The van der Waals surface area contributed by atoms with Crippen LogP contribution < -0.4 is 10.6 Å². The van der Waals surface area contributed by atoms with Crippen LogP contribution in [0.2, 0.25) is 0 Å². The number of anilines is 2. The molecular formula is C15H25N3O2S. The highest BCUT2D eigenvalue weighted by atomic mass is 32.2. The van der Waals surface area contributed by atoms with Crippen molar-refractivity contribution < 1.29 is 8.42 Å². The summed E-state index contributed by atoms with van der Waals surface area (Å²) < 4.78 is 25.8. The molecule has 2 unspecified atom stereocenters. The summed E-state index contributed by atoms with van der Waals surface area (Å²) in [5.41, 5.74) is 7.54. The summed E-state index contributed by atoms with van der Waals surface area (Å²) in [6.07, 6.45) is 1.20. The molecule has 2 rings (SSSR count). The zero-order valence-corrected chi connectivity index (χ0v) is 14.0. The molecule has 2 N–H and O–H groups in total. The first kappa shape index (κ1) is 16.1. The van der Waals surface area contributed by atoms with Gasteiger partial charge in [0.2, 0.25) is 10.0 Å². The third-order valence-corrected chi connectivity index (χ3v) is 5.80. The molecule has 1 aromatic rings. The average molecular weight is 311 g/mol. The van der Waals surface area contributed by atoms with Gasteiger partial charge in [-0.2, -0.15) is 0 Å². The van der Waals surface area contributed by atoms with E-state index in [1.54, 1.807) is 18.2 Å². The molecule has 2 atom stereocenters. The fourth-order valence-electron chi connectivity index (χ4n) is 3.03. The van der Waals surface area contributed by atoms with E-state index >= 15 is 0 Å². The van der Waals surface area contributed by atoms with Gasteiger partial charge in [-0.05, 0) is 36.5 Å². The fraction of sp³-hybridized carbons (Fsp3) is 0.600. The number of rotatable bonds is 3. The summed E-state index contributed by atoms with van der Waals surface area (Å²) in [5.74, 6) is 1.17. The van der Waals surface area contributed by atoms with Crippen molar-refractivity contribution in [3.63, 3.8) is 0 Å². The summed E-state index contributed by atoms with van der Waals surface area (Å²) in [4.78, 5) is 2.51. The van der Waals surface area contributed by atoms with E-state index in [4.69, 9.17) is 5.73 Å². The molecule has 1 fully saturated rings. The Morgan fingerprint density at radius 2 is 1.76 bits per heavy atom. The van der Waals surface area contributed by atoms with Gasteiger partial charge in [-0.1, -0.05) is 13.8 Å². The van der Waals surface area contributed by atoms with Gasteiger partial charge < -0.3 is 10.6 Å². The Bertz CT molecular complexity index is 603. The van der Waals surface area contributed by atoms with Crippen molar-refractivity contribution in [1.82, 2.24) is 4.31 Å². The van der Waals surface area contributed by atoms with E-state index in [0.717, 1.165) is 18.8 Å². The zero-order valence-electron chi connectivity index (χ0n) is 13.2. The summed E-state index contributed by atoms with van der Waals surface area (Å²) in [6, 6.07) is 4.97. The van der Waals surface area contributed by atoms with Crippen molar-refractivity contribution in [3.8, 4) is 0 Å². The second kappa shape index (κ2) is 5.85. The molecular weight excluding hydrogens is 286 g/mol. The van der Waals surface area contributed by atoms with E-state index < -0.39 is 10.0 Å². The van der Waals surface area contributed by atoms with E-state index in [0.29, 0.717) is 22.4 Å². The van der Waals surface area contributed by atoms with Crippen LogP contribution in [0.25, 0.3) is 0 Å². The topological polar surface area (TPSA) is 66.6 Å². The lowest BCUT2D eigenvalue weighted by Crippen LogP contribution is -2.39. The molecule has 1 saturated heterocycles. The molecule has 118 valence electrons. The minimum Gasteiger partial charge on any atom is -0.397 e. The monoisotopic (exact) mass is 311 g/mol. The quantitative estimate of drug-likeness (QED) is 0.867. The van der Waals surface area contributed by atoms with Crippen LogP contribution in [-0.2, 0) is 10.0 Å². The van der Waals surface area contributed by atoms with Gasteiger partial charge in [0.25, 0.3) is 0 Å². The van der Waals surface area contributed by atoms with E-state index in [9.17, 15) is 8.42 Å². The van der Waals surface area contributed by atoms with Crippen molar-refractivity contribution in [2.75, 3.05) is 37.8 Å². The number of hydrogen-bond acceptors (Lipinski definition) is 4. The molecule has 21 heavy (non-hydrogen) atoms. The van der Waals surface area contributed by atoms with Crippen molar-refractivity contribution in [1.29, 1.82) is 0 Å². The van der Waals surface area contributed by atoms with E-state index in [1.807, 2.05) is 0 Å². The van der Waals surface area contributed by atoms with Crippen LogP contribution in [0.4, 0.5) is 11.4 Å². The van der Waals surface area contributed by atoms with E-state index in [-0.39, 0.29) is 0 Å². The molecule has 1 aromatic carbocycles. The first-order valence-corrected chi connectivity index (χ1v) is 8.72. The highest BCUT2D eigenvalue weighted by Crippen LogP contribution is 2.32. The van der Waals surface area contributed by atoms with Crippen molar-refractivity contribution in [2.45, 2.75) is 25.2 Å². The lowest BCUT2D eigenvalue weighted by Gasteiger charge is -2.37. The predicted octanol–water partition coefficient (Wildman–Crippen LogP) is 2.00. The van der Waals surface area contributed by atoms with Gasteiger partial charge in [0, 0.05) is 27.2 Å². The second-order valence-corrected chi connectivity index (χ2v) is 8.51. The molecule has 0 aliphatic carbocycles. The number of nitrogens with zero attached hydrogens (tertiary/aromatic N) is 2. The number of nitrogen functional groups attached to an aromatic ring is 1. The standard InChI is InChI=1S/C15H25N3O2S/c1-11-7-12(2)10-18(9-11)15-8-13(5-6-14(15)16)21(19,20)17(3)4/h5-6,8,11-12H,7,9-10,16H2,1-4H3. The van der Waals surface area contributed by atoms with Crippen LogP contribution in [0.3, 0.4) is 0 Å². The van der Waals surface area contributed by atoms with Crippen molar-refractivity contribution >= 4 is 21.4 Å². The third-order valence-electron chi connectivity index (χ3n) is 3.99. The van der Waals surface area contributed by atoms with Crippen LogP contribution in [0.1, 0.15) is 20.3 Å². The first-order chi connectivity index (χ1) is 9.71. The number of piperidine rings is 1. The Kier molecular flexibility index (Phi) is 4.49. The normalized spacial score (nSPS) is 23.6. The van der Waals surface area contributed by atoms with Gasteiger partial charge in [-0.15, -0.1) is 0 Å². The Hall–Kier alpha value is -1.27. The van der Waals surface area contributed by atoms with Crippen LogP contribution in [0.15, 0.2) is 23.1 Å². The number of sulfonamides is 1. The molecule has 1 aliphatic rings. The van der Waals surface area contributed by atoms with E-state index in [1.165, 1.54) is 24.8 Å². The Morgan fingerprint density at radius 1 is 1.19 bits per heavy atom. The Morgan fingerprint density at radius 3 is 2.29 bits per heavy atom. The largest absolute Gasteiger partial charge is 0.397 e. The molecule has 1 aliphatic heterocycles. The lowest BCUT2D eigenvalue weighted by molar-refractivity contribution is 0.357. The van der Waals surface area contributed by atoms with Crippen molar-refractivity contribution in [3.05, 3.63) is 18.2 Å². The summed E-state index contributed by atoms with van der Waals surface area (Å²) in [5, 5.41) is 0. The summed E-state index contributed by atoms with van der Waals surface area (Å²) >= 11 is 0. The molecule has 0 amide bonds. The predicted molar refractivity (Wildman–Crippen MR) is 86.9 cm³/mol. The van der Waals surface area contributed by atoms with E-state index in [2.05, 4.69) is 18.7 Å². The zero-order chi connectivity index (χ0) is 15.8. The lowest BCUT2D eigenvalue weighted by atomic mass is 9.91. The molecule has 1 heterocycles. The van der Waals surface area contributed by atoms with Gasteiger partial charge >= 0.3 is 0 Å². The van der Waals surface area contributed by atoms with Crippen LogP contribution in [0, 0.1) is 11.8 Å². The number of hydrogen-bond donors (Lipinski definition) is 1. The minimum absolute atomic E-state index is 0.294. The maximum atomic E-state index is 12.3. The molecule has 0 saturated carbocycles. The highest BCUT2D eigenvalue weighted by Gasteiger charge is 2.25. The minimum atomic E-state index is -3.43. The Balaban J connectivity index is 2.40. The molecule has 0 bridgehead atoms. The fourth-order valence-corrected chi connectivity index (χ4v) is 3.95. The molecule has 5 nitrogen and oxygen atoms in total. The SMILES string of the molecule is CC1CC(C)CN(c2cc(S(=O)(=O)N(C)C)ccc2N)C1. The number of nitrogens with two attached hydrogens (primary N) is 1. The van der Waals surface area contributed by atoms with Gasteiger partial charge in [-0.3, -0.25) is 0 Å². The average Bonchev–Trinajstić information content (AvgIpc) is 2.37. The molecule has 6 heteroatoms. The van der Waals surface area contributed by atoms with Crippen LogP contribution in [0.5, 0.6) is 0 Å². The van der Waals surface area contributed by atoms with Gasteiger partial charge in [0.15, 0.2) is 0 Å². The van der Waals surface area contributed by atoms with Gasteiger partial charge in [0.1, 0.15) is 0 Å². The molecule has 0 aromatic heterocycles. The smallest absolute Gasteiger partial charge is 0.242 e. The highest BCUT2D eigenvalue weighted by molar-refractivity contribution is 7.89. The van der Waals surface area contributed by atoms with Gasteiger partial charge in [-0.25, -0.2) is 12.7 Å². The maximum Gasteiger partial charge on any atom is 0.242 e. The summed E-state index contributed by atoms with van der Waals surface area (Å²) in [7, 11) is -0.355. The van der Waals surface area contributed by atoms with Crippen molar-refractivity contribution in [2.24, 2.45) is 11.8 Å². The van der Waals surface area contributed by atoms with Gasteiger partial charge in [0.05, 0.1) is 16.3 Å². The molecule has 0 radical (unpaired) electrons. The summed E-state index contributed by atoms with van der Waals surface area (Å²) in [6.45, 7) is 6.28. The Labute approximate surface area is 127 Å². The van der Waals surface area contributed by atoms with Crippen LogP contribution >= 0.6 is 0 Å². The van der Waals surface area contributed by atoms with Crippen LogP contribution in [-0.4, -0.2) is 39.9 Å². The third kappa shape index (κ3) is 3.32. The second-order valence-electron chi connectivity index (χ2n) is 6.36. The molecule has 0 spiro atoms. The first-order valence-electron chi connectivity index (χ1n) is 7.28. The maximum absolute atomic E-state index is 12.3.